The minimum atomic E-state index is -0.527. The number of amides is 1. The predicted octanol–water partition coefficient (Wildman–Crippen LogP) is 5.02. The molecule has 0 aliphatic rings. The average Bonchev–Trinajstić information content (AvgIpc) is 2.94. The number of H-pyrrole nitrogens is 1. The molecule has 1 amide bonds. The van der Waals surface area contributed by atoms with Gasteiger partial charge in [-0.25, -0.2) is 0 Å². The van der Waals surface area contributed by atoms with Gasteiger partial charge in [0.05, 0.1) is 0 Å². The summed E-state index contributed by atoms with van der Waals surface area (Å²) >= 11 is 11.8. The number of nitrogens with zero attached hydrogens (tertiary/aromatic N) is 1. The van der Waals surface area contributed by atoms with E-state index in [-0.39, 0.29) is 5.57 Å². The largest absolute Gasteiger partial charge is 0.361 e. The van der Waals surface area contributed by atoms with Crippen molar-refractivity contribution in [2.75, 3.05) is 5.32 Å². The molecule has 0 saturated heterocycles. The van der Waals surface area contributed by atoms with Crippen LogP contribution in [0.2, 0.25) is 10.0 Å². The Hall–Kier alpha value is -2.74. The number of carbonyl (C=O) groups excluding carboxylic acids is 1. The van der Waals surface area contributed by atoms with Crippen LogP contribution in [0, 0.1) is 11.3 Å². The first-order valence-corrected chi connectivity index (χ1v) is 7.78. The summed E-state index contributed by atoms with van der Waals surface area (Å²) in [6.07, 6.45) is 3.30. The highest BCUT2D eigenvalue weighted by molar-refractivity contribution is 6.35. The Kier molecular flexibility index (Phi) is 4.57. The molecule has 3 rings (SSSR count). The van der Waals surface area contributed by atoms with E-state index in [0.29, 0.717) is 15.7 Å². The van der Waals surface area contributed by atoms with Gasteiger partial charge in [0.15, 0.2) is 0 Å². The zero-order chi connectivity index (χ0) is 17.1. The third-order valence-corrected chi connectivity index (χ3v) is 3.84. The number of carbonyl (C=O) groups is 1. The first kappa shape index (κ1) is 16.1. The van der Waals surface area contributed by atoms with E-state index in [9.17, 15) is 10.1 Å². The SMILES string of the molecule is N#C/C(=C\c1c[nH]c2ccccc12)C(=O)Nc1cc(Cl)cc(Cl)c1. The summed E-state index contributed by atoms with van der Waals surface area (Å²) in [5.74, 6) is -0.527. The Bertz CT molecular complexity index is 979. The number of aromatic amines is 1. The van der Waals surface area contributed by atoms with Gasteiger partial charge in [-0.2, -0.15) is 5.26 Å². The monoisotopic (exact) mass is 355 g/mol. The molecule has 0 fully saturated rings. The first-order chi connectivity index (χ1) is 11.6. The lowest BCUT2D eigenvalue weighted by Crippen LogP contribution is -2.13. The zero-order valence-electron chi connectivity index (χ0n) is 12.3. The first-order valence-electron chi connectivity index (χ1n) is 7.02. The predicted molar refractivity (Wildman–Crippen MR) is 97.0 cm³/mol. The lowest BCUT2D eigenvalue weighted by molar-refractivity contribution is -0.112. The van der Waals surface area contributed by atoms with Crippen LogP contribution in [-0.4, -0.2) is 10.9 Å². The molecule has 118 valence electrons. The van der Waals surface area contributed by atoms with E-state index in [2.05, 4.69) is 10.3 Å². The summed E-state index contributed by atoms with van der Waals surface area (Å²) in [6, 6.07) is 14.3. The molecule has 0 aliphatic heterocycles. The van der Waals surface area contributed by atoms with E-state index in [1.165, 1.54) is 0 Å². The van der Waals surface area contributed by atoms with Gasteiger partial charge in [-0.05, 0) is 30.3 Å². The van der Waals surface area contributed by atoms with Crippen LogP contribution in [0.3, 0.4) is 0 Å². The normalized spacial score (nSPS) is 11.3. The maximum absolute atomic E-state index is 12.3. The third kappa shape index (κ3) is 3.43. The van der Waals surface area contributed by atoms with E-state index in [0.717, 1.165) is 16.5 Å². The molecule has 0 bridgehead atoms. The van der Waals surface area contributed by atoms with Crippen LogP contribution in [0.4, 0.5) is 5.69 Å². The van der Waals surface area contributed by atoms with E-state index in [1.807, 2.05) is 30.3 Å². The zero-order valence-corrected chi connectivity index (χ0v) is 13.8. The van der Waals surface area contributed by atoms with Gasteiger partial charge in [0.25, 0.3) is 5.91 Å². The van der Waals surface area contributed by atoms with Crippen molar-refractivity contribution in [3.63, 3.8) is 0 Å². The molecule has 2 aromatic carbocycles. The highest BCUT2D eigenvalue weighted by Crippen LogP contribution is 2.24. The number of nitriles is 1. The number of hydrogen-bond donors (Lipinski definition) is 2. The molecule has 0 spiro atoms. The molecular weight excluding hydrogens is 345 g/mol. The second-order valence-electron chi connectivity index (χ2n) is 5.07. The van der Waals surface area contributed by atoms with Crippen LogP contribution in [0.15, 0.2) is 54.2 Å². The second-order valence-corrected chi connectivity index (χ2v) is 5.94. The minimum absolute atomic E-state index is 0.0177. The molecule has 4 nitrogen and oxygen atoms in total. The summed E-state index contributed by atoms with van der Waals surface area (Å²) in [5, 5.41) is 13.7. The van der Waals surface area contributed by atoms with Crippen molar-refractivity contribution in [3.8, 4) is 6.07 Å². The van der Waals surface area contributed by atoms with Crippen LogP contribution in [0.1, 0.15) is 5.56 Å². The maximum Gasteiger partial charge on any atom is 0.266 e. The van der Waals surface area contributed by atoms with Crippen LogP contribution >= 0.6 is 23.2 Å². The van der Waals surface area contributed by atoms with Gasteiger partial charge < -0.3 is 10.3 Å². The number of fused-ring (bicyclic) bond motifs is 1. The standard InChI is InChI=1S/C18H11Cl2N3O/c19-13-6-14(20)8-15(7-13)23-18(24)11(9-21)5-12-10-22-17-4-2-1-3-16(12)17/h1-8,10,22H,(H,23,24)/b11-5+. The van der Waals surface area contributed by atoms with Crippen molar-refractivity contribution in [3.05, 3.63) is 69.8 Å². The molecule has 6 heteroatoms. The molecule has 0 unspecified atom stereocenters. The van der Waals surface area contributed by atoms with E-state index >= 15 is 0 Å². The summed E-state index contributed by atoms with van der Waals surface area (Å²) in [5.41, 5.74) is 2.11. The molecule has 0 saturated carbocycles. The maximum atomic E-state index is 12.3. The van der Waals surface area contributed by atoms with Crippen molar-refractivity contribution in [1.29, 1.82) is 5.26 Å². The number of para-hydroxylation sites is 1. The quantitative estimate of drug-likeness (QED) is 0.511. The number of nitrogens with one attached hydrogen (secondary N) is 2. The van der Waals surface area contributed by atoms with Crippen molar-refractivity contribution in [2.45, 2.75) is 0 Å². The van der Waals surface area contributed by atoms with Gasteiger partial charge in [0.1, 0.15) is 11.6 Å². The number of hydrogen-bond acceptors (Lipinski definition) is 2. The minimum Gasteiger partial charge on any atom is -0.361 e. The van der Waals surface area contributed by atoms with E-state index in [4.69, 9.17) is 23.2 Å². The number of aromatic nitrogens is 1. The smallest absolute Gasteiger partial charge is 0.266 e. The molecule has 1 heterocycles. The number of anilines is 1. The van der Waals surface area contributed by atoms with Crippen molar-refractivity contribution in [2.24, 2.45) is 0 Å². The summed E-state index contributed by atoms with van der Waals surface area (Å²) in [4.78, 5) is 15.4. The Morgan fingerprint density at radius 2 is 1.88 bits per heavy atom. The van der Waals surface area contributed by atoms with E-state index < -0.39 is 5.91 Å². The van der Waals surface area contributed by atoms with Crippen LogP contribution in [-0.2, 0) is 4.79 Å². The topological polar surface area (TPSA) is 68.7 Å². The highest BCUT2D eigenvalue weighted by atomic mass is 35.5. The Balaban J connectivity index is 1.90. The van der Waals surface area contributed by atoms with Crippen molar-refractivity contribution >= 4 is 51.8 Å². The number of rotatable bonds is 3. The number of benzene rings is 2. The van der Waals surface area contributed by atoms with Crippen molar-refractivity contribution in [1.82, 2.24) is 4.98 Å². The summed E-state index contributed by atoms with van der Waals surface area (Å²) in [7, 11) is 0. The fourth-order valence-corrected chi connectivity index (χ4v) is 2.87. The molecule has 0 atom stereocenters. The van der Waals surface area contributed by atoms with Gasteiger partial charge in [0.2, 0.25) is 0 Å². The molecule has 3 aromatic rings. The fraction of sp³-hybridized carbons (Fsp3) is 0. The van der Waals surface area contributed by atoms with Gasteiger partial charge in [-0.1, -0.05) is 41.4 Å². The van der Waals surface area contributed by atoms with Crippen LogP contribution in [0.25, 0.3) is 17.0 Å². The van der Waals surface area contributed by atoms with Crippen molar-refractivity contribution < 1.29 is 4.79 Å². The Morgan fingerprint density at radius 1 is 1.17 bits per heavy atom. The summed E-state index contributed by atoms with van der Waals surface area (Å²) in [6.45, 7) is 0. The number of halogens is 2. The lowest BCUT2D eigenvalue weighted by atomic mass is 10.1. The third-order valence-electron chi connectivity index (χ3n) is 3.41. The lowest BCUT2D eigenvalue weighted by Gasteiger charge is -2.05. The highest BCUT2D eigenvalue weighted by Gasteiger charge is 2.12. The second kappa shape index (κ2) is 6.79. The van der Waals surface area contributed by atoms with E-state index in [1.54, 1.807) is 30.5 Å². The molecule has 24 heavy (non-hydrogen) atoms. The fourth-order valence-electron chi connectivity index (χ4n) is 2.34. The Morgan fingerprint density at radius 3 is 2.58 bits per heavy atom. The molecule has 2 N–H and O–H groups in total. The van der Waals surface area contributed by atoms with Crippen LogP contribution < -0.4 is 5.32 Å². The average molecular weight is 356 g/mol. The van der Waals surface area contributed by atoms with Gasteiger partial charge in [-0.15, -0.1) is 0 Å². The molecule has 0 aliphatic carbocycles. The van der Waals surface area contributed by atoms with Crippen LogP contribution in [0.5, 0.6) is 0 Å². The van der Waals surface area contributed by atoms with Gasteiger partial charge in [-0.3, -0.25) is 4.79 Å². The summed E-state index contributed by atoms with van der Waals surface area (Å²) < 4.78 is 0. The van der Waals surface area contributed by atoms with Gasteiger partial charge in [0, 0.05) is 38.4 Å². The Labute approximate surface area is 148 Å². The van der Waals surface area contributed by atoms with Gasteiger partial charge >= 0.3 is 0 Å². The molecular formula is C18H11Cl2N3O. The molecule has 0 radical (unpaired) electrons. The molecule has 1 aromatic heterocycles.